The van der Waals surface area contributed by atoms with Gasteiger partial charge >= 0.3 is 0 Å². The van der Waals surface area contributed by atoms with E-state index in [1.807, 2.05) is 4.90 Å². The number of hydrogen-bond donors (Lipinski definition) is 1. The molecule has 2 rings (SSSR count). The van der Waals surface area contributed by atoms with Crippen molar-refractivity contribution in [1.82, 2.24) is 0 Å². The molecule has 1 aliphatic rings. The van der Waals surface area contributed by atoms with Gasteiger partial charge in [-0.25, -0.2) is 0 Å². The molecule has 0 radical (unpaired) electrons. The molecule has 2 N–H and O–H groups in total. The molecule has 5 heteroatoms. The van der Waals surface area contributed by atoms with Crippen LogP contribution in [-0.4, -0.2) is 23.4 Å². The Hall–Kier alpha value is -1.49. The molecule has 1 aliphatic heterocycles. The Morgan fingerprint density at radius 2 is 2.00 bits per heavy atom. The van der Waals surface area contributed by atoms with E-state index in [0.29, 0.717) is 18.0 Å². The molecule has 0 unspecified atom stereocenters. The van der Waals surface area contributed by atoms with E-state index in [9.17, 15) is 9.59 Å². The molecule has 0 spiro atoms. The highest BCUT2D eigenvalue weighted by Crippen LogP contribution is 2.23. The van der Waals surface area contributed by atoms with Crippen molar-refractivity contribution in [2.24, 2.45) is 5.73 Å². The van der Waals surface area contributed by atoms with E-state index < -0.39 is 5.91 Å². The first kappa shape index (κ1) is 10.0. The molecule has 1 saturated heterocycles. The van der Waals surface area contributed by atoms with Gasteiger partial charge in [-0.2, -0.15) is 0 Å². The van der Waals surface area contributed by atoms with E-state index in [1.54, 1.807) is 24.3 Å². The summed E-state index contributed by atoms with van der Waals surface area (Å²) in [5.74, 6) is 0.239. The van der Waals surface area contributed by atoms with Gasteiger partial charge in [-0.3, -0.25) is 9.59 Å². The van der Waals surface area contributed by atoms with Gasteiger partial charge < -0.3 is 10.6 Å². The van der Waals surface area contributed by atoms with Gasteiger partial charge in [0.15, 0.2) is 0 Å². The van der Waals surface area contributed by atoms with Crippen molar-refractivity contribution in [3.05, 3.63) is 29.8 Å². The number of carbonyl (C=O) groups excluding carboxylic acids is 2. The molecule has 78 valence electrons. The zero-order valence-electron chi connectivity index (χ0n) is 7.97. The maximum Gasteiger partial charge on any atom is 0.248 e. The third kappa shape index (κ3) is 2.12. The summed E-state index contributed by atoms with van der Waals surface area (Å²) in [5.41, 5.74) is 6.55. The van der Waals surface area contributed by atoms with Crippen LogP contribution in [0.3, 0.4) is 0 Å². The Morgan fingerprint density at radius 1 is 1.33 bits per heavy atom. The molecule has 0 aliphatic carbocycles. The van der Waals surface area contributed by atoms with Crippen LogP contribution in [0.5, 0.6) is 0 Å². The van der Waals surface area contributed by atoms with Crippen molar-refractivity contribution in [2.75, 3.05) is 17.3 Å². The lowest BCUT2D eigenvalue weighted by molar-refractivity contribution is -0.109. The van der Waals surface area contributed by atoms with Crippen LogP contribution >= 0.6 is 11.8 Å². The molecule has 0 aromatic heterocycles. The minimum Gasteiger partial charge on any atom is -0.366 e. The zero-order chi connectivity index (χ0) is 10.8. The maximum absolute atomic E-state index is 11.0. The number of primary amides is 1. The van der Waals surface area contributed by atoms with E-state index in [4.69, 9.17) is 5.73 Å². The average molecular weight is 222 g/mol. The van der Waals surface area contributed by atoms with E-state index in [1.165, 1.54) is 11.8 Å². The zero-order valence-corrected chi connectivity index (χ0v) is 8.79. The largest absolute Gasteiger partial charge is 0.366 e. The summed E-state index contributed by atoms with van der Waals surface area (Å²) in [6.45, 7) is 0.431. The fourth-order valence-corrected chi connectivity index (χ4v) is 2.19. The Bertz CT molecular complexity index is 402. The first-order valence-electron chi connectivity index (χ1n) is 4.47. The molecule has 0 bridgehead atoms. The number of hydrogen-bond acceptors (Lipinski definition) is 4. The second kappa shape index (κ2) is 3.94. The highest BCUT2D eigenvalue weighted by molar-refractivity contribution is 8.14. The third-order valence-electron chi connectivity index (χ3n) is 2.22. The molecular formula is C10H10N2O2S. The molecule has 15 heavy (non-hydrogen) atoms. The van der Waals surface area contributed by atoms with Crippen LogP contribution in [0.1, 0.15) is 10.4 Å². The van der Waals surface area contributed by atoms with Crippen molar-refractivity contribution < 1.29 is 9.59 Å². The Labute approximate surface area is 91.4 Å². The predicted octanol–water partition coefficient (Wildman–Crippen LogP) is 0.823. The first-order valence-corrected chi connectivity index (χ1v) is 5.46. The number of amides is 1. The smallest absolute Gasteiger partial charge is 0.248 e. The van der Waals surface area contributed by atoms with Crippen LogP contribution in [-0.2, 0) is 4.79 Å². The van der Waals surface area contributed by atoms with Crippen molar-refractivity contribution in [3.63, 3.8) is 0 Å². The Kier molecular flexibility index (Phi) is 2.64. The lowest BCUT2D eigenvalue weighted by Gasteiger charge is -2.15. The number of rotatable bonds is 2. The Balaban J connectivity index is 2.17. The summed E-state index contributed by atoms with van der Waals surface area (Å²) in [6.07, 6.45) is 0. The van der Waals surface area contributed by atoms with Crippen molar-refractivity contribution in [3.8, 4) is 0 Å². The van der Waals surface area contributed by atoms with Crippen LogP contribution in [0.2, 0.25) is 0 Å². The number of carbonyl (C=O) groups is 2. The number of nitrogens with zero attached hydrogens (tertiary/aromatic N) is 1. The highest BCUT2D eigenvalue weighted by atomic mass is 32.2. The first-order chi connectivity index (χ1) is 7.16. The SMILES string of the molecule is NC(=O)c1ccc(N2CSC(=O)C2)cc1. The quantitative estimate of drug-likeness (QED) is 0.804. The number of anilines is 1. The number of thioether (sulfide) groups is 1. The predicted molar refractivity (Wildman–Crippen MR) is 59.8 cm³/mol. The second-order valence-corrected chi connectivity index (χ2v) is 4.26. The van der Waals surface area contributed by atoms with Crippen LogP contribution in [0.25, 0.3) is 0 Å². The minimum absolute atomic E-state index is 0.175. The van der Waals surface area contributed by atoms with Gasteiger partial charge in [0, 0.05) is 11.3 Å². The topological polar surface area (TPSA) is 63.4 Å². The van der Waals surface area contributed by atoms with E-state index >= 15 is 0 Å². The fraction of sp³-hybridized carbons (Fsp3) is 0.200. The van der Waals surface area contributed by atoms with E-state index in [0.717, 1.165) is 5.69 Å². The molecular weight excluding hydrogens is 212 g/mol. The van der Waals surface area contributed by atoms with Crippen LogP contribution in [0.4, 0.5) is 5.69 Å². The van der Waals surface area contributed by atoms with Crippen molar-refractivity contribution >= 4 is 28.5 Å². The van der Waals surface area contributed by atoms with Crippen LogP contribution in [0, 0.1) is 0 Å². The standard InChI is InChI=1S/C10H10N2O2S/c11-10(14)7-1-3-8(4-2-7)12-5-9(13)15-6-12/h1-4H,5-6H2,(H2,11,14). The number of benzene rings is 1. The monoisotopic (exact) mass is 222 g/mol. The summed E-state index contributed by atoms with van der Waals surface area (Å²) in [7, 11) is 0. The molecule has 1 heterocycles. The molecule has 1 aromatic rings. The normalized spacial score (nSPS) is 15.7. The third-order valence-corrected chi connectivity index (χ3v) is 3.11. The number of nitrogens with two attached hydrogens (primary N) is 1. The fourth-order valence-electron chi connectivity index (χ4n) is 1.40. The summed E-state index contributed by atoms with van der Waals surface area (Å²) in [4.78, 5) is 23.8. The molecule has 4 nitrogen and oxygen atoms in total. The van der Waals surface area contributed by atoms with Gasteiger partial charge in [0.2, 0.25) is 11.0 Å². The summed E-state index contributed by atoms with van der Waals surface area (Å²) in [5, 5.41) is 0.175. The maximum atomic E-state index is 11.0. The van der Waals surface area contributed by atoms with Gasteiger partial charge in [-0.1, -0.05) is 11.8 Å². The molecule has 0 saturated carbocycles. The summed E-state index contributed by atoms with van der Waals surface area (Å²) in [6, 6.07) is 6.95. The van der Waals surface area contributed by atoms with Crippen LogP contribution in [0.15, 0.2) is 24.3 Å². The average Bonchev–Trinajstić information content (AvgIpc) is 2.65. The molecule has 0 atom stereocenters. The van der Waals surface area contributed by atoms with E-state index in [2.05, 4.69) is 0 Å². The lowest BCUT2D eigenvalue weighted by Crippen LogP contribution is -2.19. The minimum atomic E-state index is -0.437. The molecule has 1 aromatic carbocycles. The van der Waals surface area contributed by atoms with Gasteiger partial charge in [-0.05, 0) is 24.3 Å². The molecule has 1 amide bonds. The van der Waals surface area contributed by atoms with E-state index in [-0.39, 0.29) is 5.12 Å². The van der Waals surface area contributed by atoms with Gasteiger partial charge in [-0.15, -0.1) is 0 Å². The second-order valence-electron chi connectivity index (χ2n) is 3.25. The van der Waals surface area contributed by atoms with Gasteiger partial charge in [0.25, 0.3) is 0 Å². The Morgan fingerprint density at radius 3 is 2.47 bits per heavy atom. The lowest BCUT2D eigenvalue weighted by atomic mass is 10.2. The highest BCUT2D eigenvalue weighted by Gasteiger charge is 2.20. The summed E-state index contributed by atoms with van der Waals surface area (Å²) >= 11 is 1.31. The van der Waals surface area contributed by atoms with Crippen molar-refractivity contribution in [2.45, 2.75) is 0 Å². The van der Waals surface area contributed by atoms with Crippen molar-refractivity contribution in [1.29, 1.82) is 0 Å². The molecule has 1 fully saturated rings. The van der Waals surface area contributed by atoms with Gasteiger partial charge in [0.05, 0.1) is 12.4 Å². The van der Waals surface area contributed by atoms with Gasteiger partial charge in [0.1, 0.15) is 0 Å². The van der Waals surface area contributed by atoms with Crippen LogP contribution < -0.4 is 10.6 Å². The summed E-state index contributed by atoms with van der Waals surface area (Å²) < 4.78 is 0.